The molecule has 166 valence electrons. The summed E-state index contributed by atoms with van der Waals surface area (Å²) in [6.07, 6.45) is 1.53. The van der Waals surface area contributed by atoms with Crippen LogP contribution in [0.25, 0.3) is 6.08 Å². The van der Waals surface area contributed by atoms with Gasteiger partial charge in [-0.1, -0.05) is 30.3 Å². The fourth-order valence-corrected chi connectivity index (χ4v) is 4.06. The van der Waals surface area contributed by atoms with Gasteiger partial charge in [-0.2, -0.15) is 0 Å². The summed E-state index contributed by atoms with van der Waals surface area (Å²) in [5, 5.41) is 11.1. The molecule has 0 aliphatic carbocycles. The van der Waals surface area contributed by atoms with Gasteiger partial charge in [0.1, 0.15) is 24.0 Å². The van der Waals surface area contributed by atoms with E-state index < -0.39 is 4.92 Å². The van der Waals surface area contributed by atoms with Crippen molar-refractivity contribution in [2.24, 2.45) is 0 Å². The number of carbonyl (C=O) groups excluding carboxylic acids is 1. The second-order valence-electron chi connectivity index (χ2n) is 7.78. The Morgan fingerprint density at radius 1 is 1.15 bits per heavy atom. The van der Waals surface area contributed by atoms with Gasteiger partial charge in [-0.3, -0.25) is 19.8 Å². The molecule has 0 amide bonds. The number of methoxy groups -OCH3 is 1. The molecule has 8 heteroatoms. The van der Waals surface area contributed by atoms with Gasteiger partial charge in [0.05, 0.1) is 23.2 Å². The Kier molecular flexibility index (Phi) is 5.27. The van der Waals surface area contributed by atoms with Crippen molar-refractivity contribution in [1.82, 2.24) is 4.90 Å². The minimum Gasteiger partial charge on any atom is -0.496 e. The molecule has 8 nitrogen and oxygen atoms in total. The molecule has 0 fully saturated rings. The summed E-state index contributed by atoms with van der Waals surface area (Å²) in [6.45, 7) is 1.54. The molecule has 0 N–H and O–H groups in total. The van der Waals surface area contributed by atoms with E-state index >= 15 is 0 Å². The quantitative estimate of drug-likeness (QED) is 0.323. The fraction of sp³-hybridized carbons (Fsp3) is 0.160. The maximum atomic E-state index is 13.0. The van der Waals surface area contributed by atoms with E-state index in [1.54, 1.807) is 31.4 Å². The molecule has 0 spiro atoms. The topological polar surface area (TPSA) is 91.1 Å². The number of hydrogen-bond donors (Lipinski definition) is 0. The van der Waals surface area contributed by atoms with Crippen LogP contribution in [0.1, 0.15) is 27.0 Å². The van der Waals surface area contributed by atoms with Crippen LogP contribution in [0.5, 0.6) is 17.2 Å². The van der Waals surface area contributed by atoms with Crippen LogP contribution in [-0.4, -0.2) is 29.4 Å². The summed E-state index contributed by atoms with van der Waals surface area (Å²) in [5.41, 5.74) is 2.74. The van der Waals surface area contributed by atoms with Crippen molar-refractivity contribution >= 4 is 17.5 Å². The molecule has 2 heterocycles. The number of nitro benzene ring substituents is 1. The number of fused-ring (bicyclic) bond motifs is 3. The van der Waals surface area contributed by atoms with E-state index in [0.29, 0.717) is 42.4 Å². The predicted octanol–water partition coefficient (Wildman–Crippen LogP) is 4.57. The number of nitrogens with zero attached hydrogens (tertiary/aromatic N) is 2. The number of carbonyl (C=O) groups is 1. The van der Waals surface area contributed by atoms with E-state index in [1.165, 1.54) is 18.2 Å². The number of non-ortho nitro benzene ring substituents is 1. The number of allylic oxidation sites excluding steroid dienone is 1. The summed E-state index contributed by atoms with van der Waals surface area (Å²) >= 11 is 0. The Hall–Kier alpha value is -4.17. The highest BCUT2D eigenvalue weighted by molar-refractivity contribution is 6.15. The molecule has 0 bridgehead atoms. The summed E-state index contributed by atoms with van der Waals surface area (Å²) in [6, 6.07) is 17.3. The van der Waals surface area contributed by atoms with Crippen LogP contribution in [0, 0.1) is 10.1 Å². The van der Waals surface area contributed by atoms with Gasteiger partial charge in [0.2, 0.25) is 5.78 Å². The average molecular weight is 444 g/mol. The largest absolute Gasteiger partial charge is 0.496 e. The van der Waals surface area contributed by atoms with Crippen LogP contribution in [-0.2, 0) is 13.1 Å². The molecule has 0 atom stereocenters. The first-order valence-electron chi connectivity index (χ1n) is 10.3. The first-order valence-corrected chi connectivity index (χ1v) is 10.3. The van der Waals surface area contributed by atoms with Gasteiger partial charge in [-0.25, -0.2) is 0 Å². The van der Waals surface area contributed by atoms with E-state index in [9.17, 15) is 14.9 Å². The Morgan fingerprint density at radius 2 is 2.00 bits per heavy atom. The van der Waals surface area contributed by atoms with E-state index in [-0.39, 0.29) is 17.2 Å². The number of rotatable bonds is 5. The lowest BCUT2D eigenvalue weighted by molar-refractivity contribution is -0.384. The first-order chi connectivity index (χ1) is 16.0. The van der Waals surface area contributed by atoms with Gasteiger partial charge in [-0.05, 0) is 29.8 Å². The van der Waals surface area contributed by atoms with Crippen LogP contribution < -0.4 is 14.2 Å². The van der Waals surface area contributed by atoms with Crippen molar-refractivity contribution in [2.75, 3.05) is 13.8 Å². The zero-order chi connectivity index (χ0) is 22.9. The molecule has 0 saturated carbocycles. The van der Waals surface area contributed by atoms with Crippen molar-refractivity contribution in [3.8, 4) is 17.2 Å². The monoisotopic (exact) mass is 444 g/mol. The van der Waals surface area contributed by atoms with E-state index in [4.69, 9.17) is 14.2 Å². The molecule has 0 saturated heterocycles. The standard InChI is InChI=1S/C25H20N2O6/c1-31-21-8-3-2-6-17(21)13-26-14-20-22(32-15-26)10-9-19-24(28)23(33-25(19)20)12-16-5-4-7-18(11-16)27(29)30/h2-12H,13-15H2,1H3/b23-12-. The highest BCUT2D eigenvalue weighted by Crippen LogP contribution is 2.42. The number of ether oxygens (including phenoxy) is 3. The van der Waals surface area contributed by atoms with Gasteiger partial charge in [-0.15, -0.1) is 0 Å². The molecule has 5 rings (SSSR count). The van der Waals surface area contributed by atoms with E-state index in [2.05, 4.69) is 4.90 Å². The van der Waals surface area contributed by atoms with Crippen molar-refractivity contribution in [2.45, 2.75) is 13.1 Å². The Bertz CT molecular complexity index is 1300. The molecule has 0 radical (unpaired) electrons. The molecule has 2 aliphatic rings. The second kappa shape index (κ2) is 8.40. The van der Waals surface area contributed by atoms with Crippen LogP contribution in [0.3, 0.4) is 0 Å². The van der Waals surface area contributed by atoms with Crippen LogP contribution in [0.2, 0.25) is 0 Å². The van der Waals surface area contributed by atoms with Gasteiger partial charge in [0, 0.05) is 30.8 Å². The van der Waals surface area contributed by atoms with Crippen molar-refractivity contribution < 1.29 is 23.9 Å². The third-order valence-electron chi connectivity index (χ3n) is 5.65. The highest BCUT2D eigenvalue weighted by atomic mass is 16.6. The normalized spacial score (nSPS) is 16.0. The summed E-state index contributed by atoms with van der Waals surface area (Å²) in [7, 11) is 1.64. The van der Waals surface area contributed by atoms with Gasteiger partial charge in [0.25, 0.3) is 5.69 Å². The molecule has 0 aromatic heterocycles. The third-order valence-corrected chi connectivity index (χ3v) is 5.65. The number of hydrogen-bond acceptors (Lipinski definition) is 7. The van der Waals surface area contributed by atoms with Gasteiger partial charge < -0.3 is 14.2 Å². The SMILES string of the molecule is COc1ccccc1CN1COc2ccc3c(c2C1)O/C(=C\c1cccc([N+](=O)[O-])c1)C3=O. The summed E-state index contributed by atoms with van der Waals surface area (Å²) in [4.78, 5) is 25.6. The lowest BCUT2D eigenvalue weighted by Crippen LogP contribution is -2.31. The average Bonchev–Trinajstić information content (AvgIpc) is 3.15. The van der Waals surface area contributed by atoms with E-state index in [1.807, 2.05) is 24.3 Å². The predicted molar refractivity (Wildman–Crippen MR) is 120 cm³/mol. The Morgan fingerprint density at radius 3 is 2.82 bits per heavy atom. The van der Waals surface area contributed by atoms with Crippen molar-refractivity contribution in [3.63, 3.8) is 0 Å². The molecular weight excluding hydrogens is 424 g/mol. The maximum Gasteiger partial charge on any atom is 0.270 e. The lowest BCUT2D eigenvalue weighted by atomic mass is 10.0. The highest BCUT2D eigenvalue weighted by Gasteiger charge is 2.33. The molecule has 3 aromatic rings. The minimum absolute atomic E-state index is 0.0509. The molecule has 0 unspecified atom stereocenters. The van der Waals surface area contributed by atoms with Gasteiger partial charge in [0.15, 0.2) is 5.76 Å². The molecule has 2 aliphatic heterocycles. The summed E-state index contributed by atoms with van der Waals surface area (Å²) in [5.74, 6) is 1.81. The smallest absolute Gasteiger partial charge is 0.270 e. The number of para-hydroxylation sites is 1. The van der Waals surface area contributed by atoms with Crippen molar-refractivity contribution in [3.05, 3.63) is 98.8 Å². The maximum absolute atomic E-state index is 13.0. The number of nitro groups is 1. The zero-order valence-electron chi connectivity index (χ0n) is 17.8. The fourth-order valence-electron chi connectivity index (χ4n) is 4.06. The van der Waals surface area contributed by atoms with Gasteiger partial charge >= 0.3 is 0 Å². The minimum atomic E-state index is -0.474. The number of Topliss-reactive ketones (excluding diaryl/α,β-unsaturated/α-hetero) is 1. The first kappa shape index (κ1) is 20.7. The van der Waals surface area contributed by atoms with Crippen LogP contribution in [0.4, 0.5) is 5.69 Å². The third kappa shape index (κ3) is 3.92. The zero-order valence-corrected chi connectivity index (χ0v) is 17.8. The van der Waals surface area contributed by atoms with Crippen LogP contribution >= 0.6 is 0 Å². The van der Waals surface area contributed by atoms with Crippen LogP contribution in [0.15, 0.2) is 66.4 Å². The second-order valence-corrected chi connectivity index (χ2v) is 7.78. The Balaban J connectivity index is 1.42. The van der Waals surface area contributed by atoms with E-state index in [0.717, 1.165) is 16.9 Å². The molecular formula is C25H20N2O6. The summed E-state index contributed by atoms with van der Waals surface area (Å²) < 4.78 is 17.4. The Labute approximate surface area is 189 Å². The lowest BCUT2D eigenvalue weighted by Gasteiger charge is -2.30. The molecule has 33 heavy (non-hydrogen) atoms. The number of ketones is 1. The van der Waals surface area contributed by atoms with Crippen molar-refractivity contribution in [1.29, 1.82) is 0 Å². The number of benzene rings is 3. The molecule has 3 aromatic carbocycles.